The van der Waals surface area contributed by atoms with Crippen LogP contribution in [-0.2, 0) is 0 Å². The van der Waals surface area contributed by atoms with Crippen LogP contribution in [0.1, 0.15) is 24.8 Å². The highest BCUT2D eigenvalue weighted by Gasteiger charge is 2.18. The summed E-state index contributed by atoms with van der Waals surface area (Å²) in [6.07, 6.45) is 9.02. The third-order valence-corrected chi connectivity index (χ3v) is 2.80. The van der Waals surface area contributed by atoms with Gasteiger partial charge in [-0.2, -0.15) is 0 Å². The van der Waals surface area contributed by atoms with Crippen molar-refractivity contribution in [1.82, 2.24) is 0 Å². The molecule has 0 unspecified atom stereocenters. The fourth-order valence-corrected chi connectivity index (χ4v) is 1.61. The van der Waals surface area contributed by atoms with Gasteiger partial charge in [-0.15, -0.1) is 6.42 Å². The van der Waals surface area contributed by atoms with Gasteiger partial charge in [-0.1, -0.05) is 12.3 Å². The maximum atomic E-state index is 12.9. The molecule has 1 aromatic carbocycles. The van der Waals surface area contributed by atoms with Crippen molar-refractivity contribution in [3.8, 4) is 18.1 Å². The Labute approximate surface area is 89.3 Å². The van der Waals surface area contributed by atoms with E-state index in [4.69, 9.17) is 11.2 Å². The molecule has 0 atom stereocenters. The summed E-state index contributed by atoms with van der Waals surface area (Å²) in [6.45, 7) is 0.695. The molecule has 0 aromatic heterocycles. The molecule has 2 rings (SSSR count). The van der Waals surface area contributed by atoms with Gasteiger partial charge in [0.25, 0.3) is 0 Å². The number of ether oxygens (including phenoxy) is 1. The molecule has 0 radical (unpaired) electrons. The van der Waals surface area contributed by atoms with Gasteiger partial charge in [-0.3, -0.25) is 0 Å². The van der Waals surface area contributed by atoms with Gasteiger partial charge in [0.05, 0.1) is 12.2 Å². The predicted molar refractivity (Wildman–Crippen MR) is 57.2 cm³/mol. The monoisotopic (exact) mass is 204 g/mol. The minimum absolute atomic E-state index is 0.320. The SMILES string of the molecule is C#Cc1cc(F)ccc1OCC1CCC1. The smallest absolute Gasteiger partial charge is 0.135 e. The van der Waals surface area contributed by atoms with Gasteiger partial charge >= 0.3 is 0 Å². The molecule has 0 spiro atoms. The topological polar surface area (TPSA) is 9.23 Å². The zero-order valence-electron chi connectivity index (χ0n) is 8.50. The Morgan fingerprint density at radius 3 is 2.87 bits per heavy atom. The van der Waals surface area contributed by atoms with Gasteiger partial charge in [0.15, 0.2) is 0 Å². The van der Waals surface area contributed by atoms with E-state index in [1.165, 1.54) is 31.4 Å². The van der Waals surface area contributed by atoms with Crippen LogP contribution in [0.4, 0.5) is 4.39 Å². The summed E-state index contributed by atoms with van der Waals surface area (Å²) in [5, 5.41) is 0. The van der Waals surface area contributed by atoms with Crippen LogP contribution in [0, 0.1) is 24.1 Å². The van der Waals surface area contributed by atoms with Crippen LogP contribution in [0.25, 0.3) is 0 Å². The Bertz CT molecular complexity index is 388. The highest BCUT2D eigenvalue weighted by molar-refractivity contribution is 5.45. The highest BCUT2D eigenvalue weighted by Crippen LogP contribution is 2.28. The van der Waals surface area contributed by atoms with Crippen LogP contribution in [0.2, 0.25) is 0 Å². The minimum Gasteiger partial charge on any atom is -0.492 e. The normalized spacial score (nSPS) is 15.5. The molecule has 0 heterocycles. The van der Waals surface area contributed by atoms with Crippen molar-refractivity contribution in [3.63, 3.8) is 0 Å². The average Bonchev–Trinajstić information content (AvgIpc) is 2.17. The molecule has 0 saturated heterocycles. The van der Waals surface area contributed by atoms with E-state index in [1.54, 1.807) is 6.07 Å². The van der Waals surface area contributed by atoms with Gasteiger partial charge in [0.1, 0.15) is 11.6 Å². The van der Waals surface area contributed by atoms with E-state index in [2.05, 4.69) is 5.92 Å². The van der Waals surface area contributed by atoms with Gasteiger partial charge in [-0.05, 0) is 37.0 Å². The van der Waals surface area contributed by atoms with E-state index in [0.29, 0.717) is 23.8 Å². The summed E-state index contributed by atoms with van der Waals surface area (Å²) < 4.78 is 18.4. The standard InChI is InChI=1S/C13H13FO/c1-2-11-8-12(14)6-7-13(11)15-9-10-4-3-5-10/h1,6-8,10H,3-5,9H2. The number of terminal acetylenes is 1. The van der Waals surface area contributed by atoms with Crippen LogP contribution in [0.3, 0.4) is 0 Å². The van der Waals surface area contributed by atoms with Crippen molar-refractivity contribution < 1.29 is 9.13 Å². The highest BCUT2D eigenvalue weighted by atomic mass is 19.1. The fraction of sp³-hybridized carbons (Fsp3) is 0.385. The second kappa shape index (κ2) is 4.35. The van der Waals surface area contributed by atoms with Crippen molar-refractivity contribution in [3.05, 3.63) is 29.6 Å². The first kappa shape index (κ1) is 10.0. The number of benzene rings is 1. The van der Waals surface area contributed by atoms with Gasteiger partial charge in [-0.25, -0.2) is 4.39 Å². The summed E-state index contributed by atoms with van der Waals surface area (Å²) in [5.41, 5.74) is 0.495. The molecule has 1 aromatic rings. The lowest BCUT2D eigenvalue weighted by Crippen LogP contribution is -2.19. The van der Waals surface area contributed by atoms with Crippen molar-refractivity contribution in [1.29, 1.82) is 0 Å². The van der Waals surface area contributed by atoms with Crippen molar-refractivity contribution in [2.75, 3.05) is 6.61 Å². The molecule has 15 heavy (non-hydrogen) atoms. The lowest BCUT2D eigenvalue weighted by atomic mass is 9.86. The Kier molecular flexibility index (Phi) is 2.91. The Hall–Kier alpha value is -1.49. The molecule has 1 saturated carbocycles. The lowest BCUT2D eigenvalue weighted by molar-refractivity contribution is 0.180. The molecule has 0 aliphatic heterocycles. The molecule has 1 aliphatic carbocycles. The first-order valence-corrected chi connectivity index (χ1v) is 5.18. The second-order valence-electron chi connectivity index (χ2n) is 3.89. The second-order valence-corrected chi connectivity index (χ2v) is 3.89. The molecule has 1 nitrogen and oxygen atoms in total. The number of rotatable bonds is 3. The van der Waals surface area contributed by atoms with Crippen LogP contribution >= 0.6 is 0 Å². The summed E-state index contributed by atoms with van der Waals surface area (Å²) in [6, 6.07) is 4.30. The molecule has 1 fully saturated rings. The quantitative estimate of drug-likeness (QED) is 0.688. The zero-order valence-corrected chi connectivity index (χ0v) is 8.50. The fourth-order valence-electron chi connectivity index (χ4n) is 1.61. The third kappa shape index (κ3) is 2.30. The van der Waals surface area contributed by atoms with Crippen molar-refractivity contribution in [2.45, 2.75) is 19.3 Å². The summed E-state index contributed by atoms with van der Waals surface area (Å²) in [4.78, 5) is 0. The van der Waals surface area contributed by atoms with Crippen molar-refractivity contribution >= 4 is 0 Å². The minimum atomic E-state index is -0.320. The van der Waals surface area contributed by atoms with Crippen LogP contribution in [0.5, 0.6) is 5.75 Å². The van der Waals surface area contributed by atoms with E-state index in [-0.39, 0.29) is 5.82 Å². The summed E-state index contributed by atoms with van der Waals surface area (Å²) in [5.74, 6) is 3.38. The van der Waals surface area contributed by atoms with Crippen LogP contribution in [-0.4, -0.2) is 6.61 Å². The molecule has 0 N–H and O–H groups in total. The molecule has 1 aliphatic rings. The molecule has 0 bridgehead atoms. The number of halogens is 1. The van der Waals surface area contributed by atoms with E-state index >= 15 is 0 Å². The van der Waals surface area contributed by atoms with E-state index < -0.39 is 0 Å². The lowest BCUT2D eigenvalue weighted by Gasteiger charge is -2.25. The number of hydrogen-bond acceptors (Lipinski definition) is 1. The van der Waals surface area contributed by atoms with Crippen molar-refractivity contribution in [2.24, 2.45) is 5.92 Å². The first-order valence-electron chi connectivity index (χ1n) is 5.18. The number of hydrogen-bond donors (Lipinski definition) is 0. The molecular weight excluding hydrogens is 191 g/mol. The van der Waals surface area contributed by atoms with E-state index in [9.17, 15) is 4.39 Å². The Morgan fingerprint density at radius 1 is 1.47 bits per heavy atom. The molecule has 78 valence electrons. The maximum absolute atomic E-state index is 12.9. The van der Waals surface area contributed by atoms with E-state index in [1.807, 2.05) is 0 Å². The van der Waals surface area contributed by atoms with Crippen LogP contribution in [0.15, 0.2) is 18.2 Å². The largest absolute Gasteiger partial charge is 0.492 e. The summed E-state index contributed by atoms with van der Waals surface area (Å²) in [7, 11) is 0. The third-order valence-electron chi connectivity index (χ3n) is 2.80. The molecule has 0 amide bonds. The van der Waals surface area contributed by atoms with Gasteiger partial charge in [0.2, 0.25) is 0 Å². The van der Waals surface area contributed by atoms with Gasteiger partial charge in [0, 0.05) is 0 Å². The van der Waals surface area contributed by atoms with E-state index in [0.717, 1.165) is 0 Å². The zero-order chi connectivity index (χ0) is 10.7. The summed E-state index contributed by atoms with van der Waals surface area (Å²) >= 11 is 0. The van der Waals surface area contributed by atoms with Gasteiger partial charge < -0.3 is 4.74 Å². The first-order chi connectivity index (χ1) is 7.29. The Morgan fingerprint density at radius 2 is 2.27 bits per heavy atom. The maximum Gasteiger partial charge on any atom is 0.135 e. The molecule has 2 heteroatoms. The Balaban J connectivity index is 2.03. The van der Waals surface area contributed by atoms with Crippen LogP contribution < -0.4 is 4.74 Å². The molecular formula is C13H13FO. The predicted octanol–water partition coefficient (Wildman–Crippen LogP) is 2.99. The average molecular weight is 204 g/mol.